The smallest absolute Gasteiger partial charge is 0.253 e. The highest BCUT2D eigenvalue weighted by Gasteiger charge is 2.23. The number of hydrogen-bond acceptors (Lipinski definition) is 5. The van der Waals surface area contributed by atoms with Crippen molar-refractivity contribution in [1.29, 1.82) is 0 Å². The second kappa shape index (κ2) is 8.94. The number of carbonyl (C=O) groups is 2. The Bertz CT molecular complexity index is 596. The number of carbonyl (C=O) groups excluding carboxylic acids is 2. The molecule has 3 rings (SSSR count). The molecule has 1 unspecified atom stereocenters. The summed E-state index contributed by atoms with van der Waals surface area (Å²) in [5.41, 5.74) is 1.08. The minimum absolute atomic E-state index is 0.0291. The molecular formula is C18H26N4O3. The summed E-state index contributed by atoms with van der Waals surface area (Å²) in [7, 11) is 0. The number of benzene rings is 1. The van der Waals surface area contributed by atoms with Crippen LogP contribution in [0.4, 0.5) is 5.69 Å². The minimum Gasteiger partial charge on any atom is -0.379 e. The highest BCUT2D eigenvalue weighted by molar-refractivity contribution is 6.04. The standard InChI is InChI=1S/C18H26N4O3/c23-17(14-5-6-19-13-14)21-16-4-2-1-3-15(16)18(24)20-7-8-22-9-11-25-12-10-22/h1-4,14,19H,5-13H2,(H,20,24)(H,21,23). The van der Waals surface area contributed by atoms with E-state index >= 15 is 0 Å². The quantitative estimate of drug-likeness (QED) is 0.690. The SMILES string of the molecule is O=C(NCCN1CCOCC1)c1ccccc1NC(=O)C1CCNC1. The Morgan fingerprint density at radius 2 is 2.04 bits per heavy atom. The molecule has 2 saturated heterocycles. The van der Waals surface area contributed by atoms with Gasteiger partial charge < -0.3 is 20.7 Å². The van der Waals surface area contributed by atoms with Gasteiger partial charge >= 0.3 is 0 Å². The van der Waals surface area contributed by atoms with E-state index in [0.717, 1.165) is 45.8 Å². The molecule has 0 aromatic heterocycles. The normalized spacial score (nSPS) is 21.0. The monoisotopic (exact) mass is 346 g/mol. The van der Waals surface area contributed by atoms with Crippen LogP contribution in [0.1, 0.15) is 16.8 Å². The van der Waals surface area contributed by atoms with Crippen LogP contribution in [-0.4, -0.2) is 69.2 Å². The Morgan fingerprint density at radius 1 is 1.24 bits per heavy atom. The van der Waals surface area contributed by atoms with E-state index in [9.17, 15) is 9.59 Å². The maximum absolute atomic E-state index is 12.5. The van der Waals surface area contributed by atoms with E-state index in [2.05, 4.69) is 20.9 Å². The van der Waals surface area contributed by atoms with Crippen LogP contribution in [0.15, 0.2) is 24.3 Å². The number of nitrogens with zero attached hydrogens (tertiary/aromatic N) is 1. The van der Waals surface area contributed by atoms with Crippen molar-refractivity contribution in [2.45, 2.75) is 6.42 Å². The van der Waals surface area contributed by atoms with Crippen LogP contribution in [0.2, 0.25) is 0 Å². The van der Waals surface area contributed by atoms with E-state index < -0.39 is 0 Å². The molecule has 3 N–H and O–H groups in total. The molecule has 2 heterocycles. The summed E-state index contributed by atoms with van der Waals surface area (Å²) in [5, 5.41) is 9.03. The van der Waals surface area contributed by atoms with Crippen LogP contribution in [0.3, 0.4) is 0 Å². The lowest BCUT2D eigenvalue weighted by Crippen LogP contribution is -2.41. The first-order chi connectivity index (χ1) is 12.2. The zero-order valence-corrected chi connectivity index (χ0v) is 14.4. The summed E-state index contributed by atoms with van der Waals surface area (Å²) in [6, 6.07) is 7.15. The fourth-order valence-electron chi connectivity index (χ4n) is 3.15. The van der Waals surface area contributed by atoms with Gasteiger partial charge in [0.1, 0.15) is 0 Å². The van der Waals surface area contributed by atoms with Crippen LogP contribution in [0.5, 0.6) is 0 Å². The number of nitrogens with one attached hydrogen (secondary N) is 3. The molecule has 7 heteroatoms. The predicted molar refractivity (Wildman–Crippen MR) is 95.6 cm³/mol. The van der Waals surface area contributed by atoms with Gasteiger partial charge in [-0.2, -0.15) is 0 Å². The predicted octanol–water partition coefficient (Wildman–Crippen LogP) is 0.297. The Balaban J connectivity index is 1.53. The molecule has 2 aliphatic rings. The van der Waals surface area contributed by atoms with E-state index in [1.165, 1.54) is 0 Å². The molecule has 0 saturated carbocycles. The average molecular weight is 346 g/mol. The van der Waals surface area contributed by atoms with Crippen LogP contribution in [-0.2, 0) is 9.53 Å². The van der Waals surface area contributed by atoms with Gasteiger partial charge in [-0.1, -0.05) is 12.1 Å². The van der Waals surface area contributed by atoms with E-state index in [0.29, 0.717) is 24.3 Å². The lowest BCUT2D eigenvalue weighted by Gasteiger charge is -2.26. The van der Waals surface area contributed by atoms with Gasteiger partial charge in [0, 0.05) is 32.7 Å². The van der Waals surface area contributed by atoms with Crippen molar-refractivity contribution < 1.29 is 14.3 Å². The van der Waals surface area contributed by atoms with E-state index in [-0.39, 0.29) is 17.7 Å². The Morgan fingerprint density at radius 3 is 2.80 bits per heavy atom. The van der Waals surface area contributed by atoms with Gasteiger partial charge in [0.2, 0.25) is 5.91 Å². The second-order valence-corrected chi connectivity index (χ2v) is 6.43. The largest absolute Gasteiger partial charge is 0.379 e. The summed E-state index contributed by atoms with van der Waals surface area (Å²) in [6.07, 6.45) is 0.833. The fraction of sp³-hybridized carbons (Fsp3) is 0.556. The molecule has 2 aliphatic heterocycles. The number of hydrogen-bond donors (Lipinski definition) is 3. The first kappa shape index (κ1) is 17.8. The molecule has 0 aliphatic carbocycles. The molecule has 25 heavy (non-hydrogen) atoms. The average Bonchev–Trinajstić information content (AvgIpc) is 3.18. The zero-order chi connectivity index (χ0) is 17.5. The Kier molecular flexibility index (Phi) is 6.38. The van der Waals surface area contributed by atoms with Crippen molar-refractivity contribution in [3.8, 4) is 0 Å². The topological polar surface area (TPSA) is 82.7 Å². The summed E-state index contributed by atoms with van der Waals surface area (Å²) in [5.74, 6) is -0.218. The molecule has 0 bridgehead atoms. The summed E-state index contributed by atoms with van der Waals surface area (Å²) in [4.78, 5) is 27.1. The van der Waals surface area contributed by atoms with Crippen molar-refractivity contribution in [3.05, 3.63) is 29.8 Å². The van der Waals surface area contributed by atoms with Crippen LogP contribution in [0, 0.1) is 5.92 Å². The van der Waals surface area contributed by atoms with Crippen molar-refractivity contribution in [3.63, 3.8) is 0 Å². The van der Waals surface area contributed by atoms with Gasteiger partial charge in [-0.25, -0.2) is 0 Å². The highest BCUT2D eigenvalue weighted by atomic mass is 16.5. The molecule has 1 aromatic rings. The van der Waals surface area contributed by atoms with Gasteiger partial charge in [-0.15, -0.1) is 0 Å². The number of amides is 2. The molecule has 2 fully saturated rings. The van der Waals surface area contributed by atoms with Crippen LogP contribution < -0.4 is 16.0 Å². The lowest BCUT2D eigenvalue weighted by atomic mass is 10.1. The van der Waals surface area contributed by atoms with Gasteiger partial charge in [-0.3, -0.25) is 14.5 Å². The van der Waals surface area contributed by atoms with Gasteiger partial charge in [0.05, 0.1) is 30.4 Å². The molecule has 2 amide bonds. The Labute approximate surface area is 148 Å². The third-order valence-corrected chi connectivity index (χ3v) is 4.68. The molecule has 0 spiro atoms. The minimum atomic E-state index is -0.159. The number of rotatable bonds is 6. The zero-order valence-electron chi connectivity index (χ0n) is 14.4. The van der Waals surface area contributed by atoms with Crippen LogP contribution >= 0.6 is 0 Å². The number of ether oxygens (including phenoxy) is 1. The van der Waals surface area contributed by atoms with Crippen molar-refractivity contribution in [2.24, 2.45) is 5.92 Å². The first-order valence-corrected chi connectivity index (χ1v) is 8.93. The van der Waals surface area contributed by atoms with Gasteiger partial charge in [0.15, 0.2) is 0 Å². The summed E-state index contributed by atoms with van der Waals surface area (Å²) >= 11 is 0. The summed E-state index contributed by atoms with van der Waals surface area (Å²) < 4.78 is 5.32. The molecule has 7 nitrogen and oxygen atoms in total. The van der Waals surface area contributed by atoms with Crippen LogP contribution in [0.25, 0.3) is 0 Å². The Hall–Kier alpha value is -1.96. The van der Waals surface area contributed by atoms with Crippen molar-refractivity contribution >= 4 is 17.5 Å². The first-order valence-electron chi connectivity index (χ1n) is 8.93. The molecule has 136 valence electrons. The third-order valence-electron chi connectivity index (χ3n) is 4.68. The van der Waals surface area contributed by atoms with Gasteiger partial charge in [0.25, 0.3) is 5.91 Å². The molecule has 1 aromatic carbocycles. The maximum Gasteiger partial charge on any atom is 0.253 e. The maximum atomic E-state index is 12.5. The lowest BCUT2D eigenvalue weighted by molar-refractivity contribution is -0.119. The number of para-hydroxylation sites is 1. The van der Waals surface area contributed by atoms with Crippen molar-refractivity contribution in [1.82, 2.24) is 15.5 Å². The highest BCUT2D eigenvalue weighted by Crippen LogP contribution is 2.17. The second-order valence-electron chi connectivity index (χ2n) is 6.43. The summed E-state index contributed by atoms with van der Waals surface area (Å²) in [6.45, 7) is 6.24. The molecule has 0 radical (unpaired) electrons. The van der Waals surface area contributed by atoms with Crippen molar-refractivity contribution in [2.75, 3.05) is 57.8 Å². The number of anilines is 1. The van der Waals surface area contributed by atoms with E-state index in [1.54, 1.807) is 12.1 Å². The number of morpholine rings is 1. The van der Waals surface area contributed by atoms with E-state index in [1.807, 2.05) is 12.1 Å². The molecular weight excluding hydrogens is 320 g/mol. The van der Waals surface area contributed by atoms with Gasteiger partial charge in [-0.05, 0) is 25.1 Å². The van der Waals surface area contributed by atoms with E-state index in [4.69, 9.17) is 4.74 Å². The third kappa shape index (κ3) is 5.01. The molecule has 1 atom stereocenters. The fourth-order valence-corrected chi connectivity index (χ4v) is 3.15.